The molecule has 0 atom stereocenters. The van der Waals surface area contributed by atoms with Crippen LogP contribution in [0.1, 0.15) is 40.9 Å². The van der Waals surface area contributed by atoms with Crippen molar-refractivity contribution in [1.29, 1.82) is 0 Å². The molecule has 0 bridgehead atoms. The van der Waals surface area contributed by atoms with E-state index in [2.05, 4.69) is 4.98 Å². The quantitative estimate of drug-likeness (QED) is 0.382. The fraction of sp³-hybridized carbons (Fsp3) is 0.269. The molecule has 0 aliphatic heterocycles. The maximum atomic E-state index is 12.9. The first-order chi connectivity index (χ1) is 15.6. The molecule has 1 aromatic heterocycles. The number of benzene rings is 2. The zero-order valence-electron chi connectivity index (χ0n) is 19.6. The minimum absolute atomic E-state index is 0.234. The second-order valence-electron chi connectivity index (χ2n) is 8.20. The van der Waals surface area contributed by atoms with Crippen molar-refractivity contribution in [3.05, 3.63) is 64.7 Å². The normalized spacial score (nSPS) is 11.6. The Morgan fingerprint density at radius 3 is 2.24 bits per heavy atom. The number of hydrogen-bond donors (Lipinski definition) is 1. The van der Waals surface area contributed by atoms with Gasteiger partial charge in [0.25, 0.3) is 0 Å². The van der Waals surface area contributed by atoms with Crippen molar-refractivity contribution in [2.24, 2.45) is 0 Å². The molecule has 172 valence electrons. The Kier molecular flexibility index (Phi) is 6.72. The van der Waals surface area contributed by atoms with E-state index in [1.807, 2.05) is 32.0 Å². The monoisotopic (exact) mass is 449 g/mol. The Bertz CT molecular complexity index is 1240. The van der Waals surface area contributed by atoms with Gasteiger partial charge in [0.1, 0.15) is 11.5 Å². The number of aromatic nitrogens is 1. The minimum Gasteiger partial charge on any atom is -0.497 e. The Labute approximate surface area is 192 Å². The van der Waals surface area contributed by atoms with E-state index in [1.54, 1.807) is 31.4 Å². The number of aryl methyl sites for hydroxylation is 2. The van der Waals surface area contributed by atoms with Crippen LogP contribution in [0, 0.1) is 13.8 Å². The van der Waals surface area contributed by atoms with Gasteiger partial charge in [-0.05, 0) is 80.8 Å². The van der Waals surface area contributed by atoms with Crippen molar-refractivity contribution in [2.45, 2.75) is 33.3 Å². The maximum absolute atomic E-state index is 12.9. The Balaban J connectivity index is 1.90. The molecular formula is C26H27NO6. The smallest absolute Gasteiger partial charge is 0.347 e. The molecule has 7 heteroatoms. The number of methoxy groups -OCH3 is 2. The van der Waals surface area contributed by atoms with Gasteiger partial charge < -0.3 is 19.3 Å². The molecular weight excluding hydrogens is 422 g/mol. The predicted molar refractivity (Wildman–Crippen MR) is 126 cm³/mol. The van der Waals surface area contributed by atoms with Gasteiger partial charge in [0.15, 0.2) is 11.4 Å². The van der Waals surface area contributed by atoms with Crippen LogP contribution in [0.5, 0.6) is 17.4 Å². The summed E-state index contributed by atoms with van der Waals surface area (Å²) in [5.74, 6) is 0.118. The van der Waals surface area contributed by atoms with E-state index in [4.69, 9.17) is 14.2 Å². The fourth-order valence-corrected chi connectivity index (χ4v) is 3.39. The van der Waals surface area contributed by atoms with Crippen LogP contribution >= 0.6 is 0 Å². The summed E-state index contributed by atoms with van der Waals surface area (Å²) in [6.07, 6.45) is 3.16. The summed E-state index contributed by atoms with van der Waals surface area (Å²) in [6.45, 7) is 6.68. The fourth-order valence-electron chi connectivity index (χ4n) is 3.39. The third-order valence-corrected chi connectivity index (χ3v) is 5.23. The largest absolute Gasteiger partial charge is 0.497 e. The molecule has 1 N–H and O–H groups in total. The van der Waals surface area contributed by atoms with Gasteiger partial charge in [-0.1, -0.05) is 6.08 Å². The molecule has 7 nitrogen and oxygen atoms in total. The molecule has 33 heavy (non-hydrogen) atoms. The number of fused-ring (bicyclic) bond motifs is 1. The highest BCUT2D eigenvalue weighted by molar-refractivity contribution is 6.10. The van der Waals surface area contributed by atoms with Crippen molar-refractivity contribution in [2.75, 3.05) is 14.2 Å². The molecule has 0 aliphatic rings. The molecule has 0 aliphatic carbocycles. The van der Waals surface area contributed by atoms with Crippen molar-refractivity contribution in [1.82, 2.24) is 4.98 Å². The standard InChI is InChI=1S/C26H27NO6/c1-15-11-17(12-16(2)23(15)33-26(3,4)25(29)30)7-10-22(28)20-13-18-8-9-19(31-5)14-21(18)27-24(20)32-6/h7-14H,1-6H3,(H,29,30)/b10-7+. The lowest BCUT2D eigenvalue weighted by Gasteiger charge is -2.24. The van der Waals surface area contributed by atoms with Crippen molar-refractivity contribution >= 4 is 28.7 Å². The highest BCUT2D eigenvalue weighted by Crippen LogP contribution is 2.30. The third-order valence-electron chi connectivity index (χ3n) is 5.23. The molecule has 0 amide bonds. The van der Waals surface area contributed by atoms with Crippen LogP contribution in [-0.2, 0) is 4.79 Å². The van der Waals surface area contributed by atoms with Crippen LogP contribution in [0.3, 0.4) is 0 Å². The number of pyridine rings is 1. The second-order valence-corrected chi connectivity index (χ2v) is 8.20. The number of rotatable bonds is 8. The number of nitrogens with zero attached hydrogens (tertiary/aromatic N) is 1. The number of carboxylic acids is 1. The van der Waals surface area contributed by atoms with E-state index in [0.717, 1.165) is 22.1 Å². The van der Waals surface area contributed by atoms with Gasteiger partial charge in [0.05, 0.1) is 25.3 Å². The summed E-state index contributed by atoms with van der Waals surface area (Å²) < 4.78 is 16.3. The molecule has 0 spiro atoms. The highest BCUT2D eigenvalue weighted by Gasteiger charge is 2.30. The average Bonchev–Trinajstić information content (AvgIpc) is 2.78. The van der Waals surface area contributed by atoms with Gasteiger partial charge in [-0.3, -0.25) is 4.79 Å². The SMILES string of the molecule is COc1ccc2cc(C(=O)/C=C/c3cc(C)c(OC(C)(C)C(=O)O)c(C)c3)c(OC)nc2c1. The lowest BCUT2D eigenvalue weighted by molar-refractivity contribution is -0.152. The summed E-state index contributed by atoms with van der Waals surface area (Å²) >= 11 is 0. The first-order valence-corrected chi connectivity index (χ1v) is 10.3. The number of carbonyl (C=O) groups is 2. The number of aliphatic carboxylic acids is 1. The van der Waals surface area contributed by atoms with E-state index in [1.165, 1.54) is 27.0 Å². The minimum atomic E-state index is -1.35. The molecule has 0 unspecified atom stereocenters. The van der Waals surface area contributed by atoms with Crippen LogP contribution in [0.15, 0.2) is 42.5 Å². The Hall–Kier alpha value is -3.87. The second kappa shape index (κ2) is 9.32. The molecule has 0 radical (unpaired) electrons. The Morgan fingerprint density at radius 2 is 1.67 bits per heavy atom. The van der Waals surface area contributed by atoms with Gasteiger partial charge in [0, 0.05) is 11.5 Å². The highest BCUT2D eigenvalue weighted by atomic mass is 16.5. The Morgan fingerprint density at radius 1 is 1.00 bits per heavy atom. The molecule has 3 rings (SSSR count). The summed E-state index contributed by atoms with van der Waals surface area (Å²) in [7, 11) is 3.05. The van der Waals surface area contributed by atoms with E-state index in [-0.39, 0.29) is 11.7 Å². The van der Waals surface area contributed by atoms with Gasteiger partial charge >= 0.3 is 5.97 Å². The number of allylic oxidation sites excluding steroid dienone is 1. The van der Waals surface area contributed by atoms with Crippen molar-refractivity contribution < 1.29 is 28.9 Å². The molecule has 1 heterocycles. The summed E-state index contributed by atoms with van der Waals surface area (Å²) in [6, 6.07) is 10.8. The molecule has 2 aromatic carbocycles. The first-order valence-electron chi connectivity index (χ1n) is 10.3. The zero-order chi connectivity index (χ0) is 24.3. The number of carbonyl (C=O) groups excluding carboxylic acids is 1. The van der Waals surface area contributed by atoms with Crippen molar-refractivity contribution in [3.8, 4) is 17.4 Å². The molecule has 3 aromatic rings. The maximum Gasteiger partial charge on any atom is 0.347 e. The van der Waals surface area contributed by atoms with E-state index in [9.17, 15) is 14.7 Å². The van der Waals surface area contributed by atoms with Crippen LogP contribution in [-0.4, -0.2) is 41.7 Å². The summed E-state index contributed by atoms with van der Waals surface area (Å²) in [5, 5.41) is 10.1. The summed E-state index contributed by atoms with van der Waals surface area (Å²) in [4.78, 5) is 28.8. The molecule has 0 saturated carbocycles. The van der Waals surface area contributed by atoms with E-state index in [0.29, 0.717) is 22.6 Å². The molecule has 0 fully saturated rings. The first kappa shape index (κ1) is 23.8. The van der Waals surface area contributed by atoms with E-state index >= 15 is 0 Å². The van der Waals surface area contributed by atoms with E-state index < -0.39 is 11.6 Å². The lowest BCUT2D eigenvalue weighted by Crippen LogP contribution is -2.38. The van der Waals surface area contributed by atoms with Gasteiger partial charge in [-0.2, -0.15) is 0 Å². The van der Waals surface area contributed by atoms with Gasteiger partial charge in [-0.15, -0.1) is 0 Å². The van der Waals surface area contributed by atoms with Crippen molar-refractivity contribution in [3.63, 3.8) is 0 Å². The zero-order valence-corrected chi connectivity index (χ0v) is 19.6. The van der Waals surface area contributed by atoms with Gasteiger partial charge in [-0.25, -0.2) is 9.78 Å². The molecule has 0 saturated heterocycles. The third kappa shape index (κ3) is 5.14. The van der Waals surface area contributed by atoms with Crippen LogP contribution in [0.4, 0.5) is 0 Å². The number of ketones is 1. The lowest BCUT2D eigenvalue weighted by atomic mass is 10.0. The van der Waals surface area contributed by atoms with Crippen LogP contribution in [0.2, 0.25) is 0 Å². The predicted octanol–water partition coefficient (Wildman–Crippen LogP) is 5.01. The average molecular weight is 450 g/mol. The summed E-state index contributed by atoms with van der Waals surface area (Å²) in [5.41, 5.74) is 2.00. The number of hydrogen-bond acceptors (Lipinski definition) is 6. The number of ether oxygens (including phenoxy) is 3. The van der Waals surface area contributed by atoms with Gasteiger partial charge in [0.2, 0.25) is 5.88 Å². The van der Waals surface area contributed by atoms with Crippen LogP contribution < -0.4 is 14.2 Å². The number of carboxylic acid groups (broad SMARTS) is 1. The topological polar surface area (TPSA) is 95.0 Å². The van der Waals surface area contributed by atoms with Crippen LogP contribution in [0.25, 0.3) is 17.0 Å².